The van der Waals surface area contributed by atoms with Crippen LogP contribution in [0.3, 0.4) is 0 Å². The molecule has 0 spiro atoms. The van der Waals surface area contributed by atoms with Crippen molar-refractivity contribution in [1.82, 2.24) is 4.90 Å². The molecule has 102 valence electrons. The Kier molecular flexibility index (Phi) is 4.97. The van der Waals surface area contributed by atoms with E-state index in [4.69, 9.17) is 11.6 Å². The van der Waals surface area contributed by atoms with Crippen LogP contribution in [0.2, 0.25) is 5.02 Å². The first-order chi connectivity index (χ1) is 9.66. The van der Waals surface area contributed by atoms with Gasteiger partial charge in [-0.05, 0) is 23.3 Å². The van der Waals surface area contributed by atoms with Gasteiger partial charge in [0.05, 0.1) is 0 Å². The maximum Gasteiger partial charge on any atom is 0.246 e. The lowest BCUT2D eigenvalue weighted by Gasteiger charge is -2.15. The van der Waals surface area contributed by atoms with Crippen molar-refractivity contribution in [3.05, 3.63) is 76.8 Å². The van der Waals surface area contributed by atoms with Gasteiger partial charge in [-0.15, -0.1) is 0 Å². The van der Waals surface area contributed by atoms with Crippen LogP contribution < -0.4 is 0 Å². The van der Waals surface area contributed by atoms with Crippen LogP contribution in [-0.2, 0) is 11.3 Å². The lowest BCUT2D eigenvalue weighted by Crippen LogP contribution is -2.24. The molecule has 2 aromatic carbocycles. The first-order valence-corrected chi connectivity index (χ1v) is 6.76. The van der Waals surface area contributed by atoms with Crippen LogP contribution in [0.4, 0.5) is 0 Å². The maximum absolute atomic E-state index is 12.0. The molecule has 0 aliphatic rings. The van der Waals surface area contributed by atoms with Gasteiger partial charge in [-0.25, -0.2) is 0 Å². The molecule has 0 aliphatic carbocycles. The number of nitrogens with zero attached hydrogens (tertiary/aromatic N) is 1. The summed E-state index contributed by atoms with van der Waals surface area (Å²) in [6, 6.07) is 17.3. The van der Waals surface area contributed by atoms with Crippen LogP contribution in [0.5, 0.6) is 0 Å². The second-order valence-electron chi connectivity index (χ2n) is 4.53. The quantitative estimate of drug-likeness (QED) is 0.777. The first-order valence-electron chi connectivity index (χ1n) is 6.38. The van der Waals surface area contributed by atoms with Crippen molar-refractivity contribution in [1.29, 1.82) is 0 Å². The second-order valence-corrected chi connectivity index (χ2v) is 4.94. The lowest BCUT2D eigenvalue weighted by atomic mass is 10.2. The highest BCUT2D eigenvalue weighted by atomic mass is 35.5. The fourth-order valence-corrected chi connectivity index (χ4v) is 2.03. The molecule has 0 aromatic heterocycles. The van der Waals surface area contributed by atoms with Gasteiger partial charge in [0.2, 0.25) is 5.91 Å². The number of amides is 1. The Hall–Kier alpha value is -2.06. The molecule has 0 bridgehead atoms. The number of benzene rings is 2. The molecule has 0 fully saturated rings. The van der Waals surface area contributed by atoms with E-state index >= 15 is 0 Å². The van der Waals surface area contributed by atoms with E-state index in [9.17, 15) is 4.79 Å². The van der Waals surface area contributed by atoms with E-state index in [1.165, 1.54) is 0 Å². The molecule has 2 aromatic rings. The van der Waals surface area contributed by atoms with Crippen molar-refractivity contribution < 1.29 is 4.79 Å². The van der Waals surface area contributed by atoms with Crippen molar-refractivity contribution in [3.8, 4) is 0 Å². The van der Waals surface area contributed by atoms with Gasteiger partial charge in [-0.3, -0.25) is 4.79 Å². The molecular formula is C17H16ClNO. The summed E-state index contributed by atoms with van der Waals surface area (Å²) in [5.74, 6) is -0.0474. The van der Waals surface area contributed by atoms with E-state index < -0.39 is 0 Å². The first kappa shape index (κ1) is 14.4. The average Bonchev–Trinajstić information content (AvgIpc) is 2.47. The summed E-state index contributed by atoms with van der Waals surface area (Å²) in [6.07, 6.45) is 3.29. The zero-order chi connectivity index (χ0) is 14.4. The van der Waals surface area contributed by atoms with Gasteiger partial charge in [0.25, 0.3) is 0 Å². The van der Waals surface area contributed by atoms with E-state index in [1.807, 2.05) is 48.5 Å². The van der Waals surface area contributed by atoms with Gasteiger partial charge in [0.15, 0.2) is 0 Å². The smallest absolute Gasteiger partial charge is 0.246 e. The fourth-order valence-electron chi connectivity index (χ4n) is 1.83. The molecule has 0 saturated heterocycles. The average molecular weight is 286 g/mol. The Bertz CT molecular complexity index is 607. The van der Waals surface area contributed by atoms with Crippen LogP contribution in [0.1, 0.15) is 11.1 Å². The predicted octanol–water partition coefficient (Wildman–Crippen LogP) is 4.01. The molecule has 20 heavy (non-hydrogen) atoms. The van der Waals surface area contributed by atoms with E-state index in [0.29, 0.717) is 11.6 Å². The van der Waals surface area contributed by atoms with E-state index in [2.05, 4.69) is 0 Å². The number of likely N-dealkylation sites (N-methyl/N-ethyl adjacent to an activating group) is 1. The second kappa shape index (κ2) is 6.92. The number of hydrogen-bond acceptors (Lipinski definition) is 1. The van der Waals surface area contributed by atoms with Crippen molar-refractivity contribution >= 4 is 23.6 Å². The molecule has 3 heteroatoms. The molecule has 1 amide bonds. The molecule has 2 nitrogen and oxygen atoms in total. The van der Waals surface area contributed by atoms with E-state index in [-0.39, 0.29) is 5.91 Å². The maximum atomic E-state index is 12.0. The molecular weight excluding hydrogens is 270 g/mol. The highest BCUT2D eigenvalue weighted by Crippen LogP contribution is 2.16. The topological polar surface area (TPSA) is 20.3 Å². The summed E-state index contributed by atoms with van der Waals surface area (Å²) in [7, 11) is 1.78. The van der Waals surface area contributed by atoms with Gasteiger partial charge < -0.3 is 4.90 Å². The molecule has 0 saturated carbocycles. The van der Waals surface area contributed by atoms with Crippen molar-refractivity contribution in [2.75, 3.05) is 7.05 Å². The van der Waals surface area contributed by atoms with Crippen LogP contribution in [0, 0.1) is 0 Å². The summed E-state index contributed by atoms with van der Waals surface area (Å²) < 4.78 is 0. The molecule has 0 atom stereocenters. The number of carbonyl (C=O) groups excluding carboxylic acids is 1. The number of rotatable bonds is 4. The minimum atomic E-state index is -0.0474. The molecule has 0 radical (unpaired) electrons. The highest BCUT2D eigenvalue weighted by molar-refractivity contribution is 6.32. The molecule has 0 heterocycles. The van der Waals surface area contributed by atoms with E-state index in [0.717, 1.165) is 11.1 Å². The third-order valence-corrected chi connectivity index (χ3v) is 3.29. The Labute approximate surface area is 124 Å². The molecule has 2 rings (SSSR count). The Morgan fingerprint density at radius 2 is 1.75 bits per heavy atom. The fraction of sp³-hybridized carbons (Fsp3) is 0.118. The highest BCUT2D eigenvalue weighted by Gasteiger charge is 2.05. The van der Waals surface area contributed by atoms with Crippen LogP contribution in [-0.4, -0.2) is 17.9 Å². The van der Waals surface area contributed by atoms with E-state index in [1.54, 1.807) is 30.2 Å². The Morgan fingerprint density at radius 3 is 2.45 bits per heavy atom. The Balaban J connectivity index is 1.99. The summed E-state index contributed by atoms with van der Waals surface area (Å²) >= 11 is 6.04. The molecule has 0 unspecified atom stereocenters. The normalized spacial score (nSPS) is 10.7. The number of hydrogen-bond donors (Lipinski definition) is 0. The summed E-state index contributed by atoms with van der Waals surface area (Å²) in [5, 5.41) is 0.641. The lowest BCUT2D eigenvalue weighted by molar-refractivity contribution is -0.125. The number of halogens is 1. The Morgan fingerprint density at radius 1 is 1.10 bits per heavy atom. The summed E-state index contributed by atoms with van der Waals surface area (Å²) in [6.45, 7) is 0.590. The monoisotopic (exact) mass is 285 g/mol. The van der Waals surface area contributed by atoms with Crippen LogP contribution in [0.25, 0.3) is 6.08 Å². The van der Waals surface area contributed by atoms with Crippen molar-refractivity contribution in [2.24, 2.45) is 0 Å². The van der Waals surface area contributed by atoms with Crippen LogP contribution >= 0.6 is 11.6 Å². The minimum Gasteiger partial charge on any atom is -0.338 e. The molecule has 0 N–H and O–H groups in total. The summed E-state index contributed by atoms with van der Waals surface area (Å²) in [5.41, 5.74) is 1.95. The van der Waals surface area contributed by atoms with Crippen LogP contribution in [0.15, 0.2) is 60.7 Å². The summed E-state index contributed by atoms with van der Waals surface area (Å²) in [4.78, 5) is 13.7. The van der Waals surface area contributed by atoms with Gasteiger partial charge >= 0.3 is 0 Å². The van der Waals surface area contributed by atoms with Gasteiger partial charge in [0, 0.05) is 24.7 Å². The third-order valence-electron chi connectivity index (χ3n) is 2.95. The zero-order valence-electron chi connectivity index (χ0n) is 11.3. The zero-order valence-corrected chi connectivity index (χ0v) is 12.0. The largest absolute Gasteiger partial charge is 0.338 e. The predicted molar refractivity (Wildman–Crippen MR) is 83.4 cm³/mol. The van der Waals surface area contributed by atoms with Gasteiger partial charge in [-0.1, -0.05) is 60.1 Å². The van der Waals surface area contributed by atoms with Gasteiger partial charge in [0.1, 0.15) is 0 Å². The SMILES string of the molecule is CN(Cc1ccccc1)C(=O)C=Cc1ccccc1Cl. The van der Waals surface area contributed by atoms with Crippen molar-refractivity contribution in [3.63, 3.8) is 0 Å². The standard InChI is InChI=1S/C17H16ClNO/c1-19(13-14-7-3-2-4-8-14)17(20)12-11-15-9-5-6-10-16(15)18/h2-12H,13H2,1H3. The third kappa shape index (κ3) is 3.97. The van der Waals surface area contributed by atoms with Crippen molar-refractivity contribution in [2.45, 2.75) is 6.54 Å². The van der Waals surface area contributed by atoms with Gasteiger partial charge in [-0.2, -0.15) is 0 Å². The molecule has 0 aliphatic heterocycles. The minimum absolute atomic E-state index is 0.0474. The number of carbonyl (C=O) groups is 1.